The molecule has 4 aliphatic rings. The number of rotatable bonds is 4. The van der Waals surface area contributed by atoms with E-state index in [0.717, 1.165) is 51.9 Å². The van der Waals surface area contributed by atoms with E-state index >= 15 is 0 Å². The SMILES string of the molecule is CC1CCN([C@@H]2CC(=O)N(c3ccc(N4C(=O)C[C@@H](N5CCC(C)CC5)C4=O)cc3)C2=O)CC1. The van der Waals surface area contributed by atoms with Crippen LogP contribution in [0.1, 0.15) is 52.4 Å². The van der Waals surface area contributed by atoms with Crippen molar-refractivity contribution < 1.29 is 19.2 Å². The molecule has 4 fully saturated rings. The summed E-state index contributed by atoms with van der Waals surface area (Å²) in [6, 6.07) is 5.89. The van der Waals surface area contributed by atoms with Crippen LogP contribution in [0, 0.1) is 11.8 Å². The Labute approximate surface area is 200 Å². The van der Waals surface area contributed by atoms with E-state index in [1.54, 1.807) is 24.3 Å². The number of anilines is 2. The van der Waals surface area contributed by atoms with Crippen LogP contribution >= 0.6 is 0 Å². The monoisotopic (exact) mass is 466 g/mol. The van der Waals surface area contributed by atoms with Crippen molar-refractivity contribution in [3.63, 3.8) is 0 Å². The van der Waals surface area contributed by atoms with Crippen molar-refractivity contribution in [3.05, 3.63) is 24.3 Å². The Morgan fingerprint density at radius 3 is 1.24 bits per heavy atom. The van der Waals surface area contributed by atoms with E-state index in [1.807, 2.05) is 0 Å². The average molecular weight is 467 g/mol. The minimum absolute atomic E-state index is 0.181. The highest BCUT2D eigenvalue weighted by molar-refractivity contribution is 6.24. The number of likely N-dealkylation sites (tertiary alicyclic amines) is 2. The molecule has 182 valence electrons. The van der Waals surface area contributed by atoms with Crippen LogP contribution in [0.4, 0.5) is 11.4 Å². The number of carbonyl (C=O) groups excluding carboxylic acids is 4. The molecule has 1 aromatic carbocycles. The van der Waals surface area contributed by atoms with Crippen molar-refractivity contribution in [3.8, 4) is 0 Å². The van der Waals surface area contributed by atoms with Crippen LogP contribution in [-0.2, 0) is 19.2 Å². The Bertz CT molecular complexity index is 898. The second-order valence-corrected chi connectivity index (χ2v) is 10.5. The van der Waals surface area contributed by atoms with Crippen molar-refractivity contribution in [1.29, 1.82) is 0 Å². The topological polar surface area (TPSA) is 81.2 Å². The minimum Gasteiger partial charge on any atom is -0.292 e. The average Bonchev–Trinajstić information content (AvgIpc) is 3.29. The molecule has 0 N–H and O–H groups in total. The lowest BCUT2D eigenvalue weighted by Crippen LogP contribution is -2.45. The fraction of sp³-hybridized carbons (Fsp3) is 0.615. The summed E-state index contributed by atoms with van der Waals surface area (Å²) in [5.41, 5.74) is 0.986. The second kappa shape index (κ2) is 9.23. The summed E-state index contributed by atoms with van der Waals surface area (Å²) < 4.78 is 0. The molecule has 0 aliphatic carbocycles. The van der Waals surface area contributed by atoms with Gasteiger partial charge in [-0.05, 0) is 88.0 Å². The van der Waals surface area contributed by atoms with Gasteiger partial charge in [0.05, 0.1) is 36.3 Å². The fourth-order valence-electron chi connectivity index (χ4n) is 5.78. The third-order valence-electron chi connectivity index (χ3n) is 8.13. The predicted octanol–water partition coefficient (Wildman–Crippen LogP) is 2.41. The van der Waals surface area contributed by atoms with Gasteiger partial charge >= 0.3 is 0 Å². The molecule has 4 amide bonds. The van der Waals surface area contributed by atoms with Crippen LogP contribution in [0.5, 0.6) is 0 Å². The van der Waals surface area contributed by atoms with E-state index < -0.39 is 12.1 Å². The Balaban J connectivity index is 1.28. The summed E-state index contributed by atoms with van der Waals surface area (Å²) in [6.07, 6.45) is 4.58. The molecule has 8 heteroatoms. The summed E-state index contributed by atoms with van der Waals surface area (Å²) >= 11 is 0. The van der Waals surface area contributed by atoms with Gasteiger partial charge in [-0.25, -0.2) is 9.80 Å². The zero-order chi connectivity index (χ0) is 24.0. The standard InChI is InChI=1S/C26H34N4O4/c1-17-7-11-27(12-8-17)21-15-23(31)29(25(21)33)19-3-5-20(6-4-19)30-24(32)16-22(26(30)34)28-13-9-18(2)10-14-28/h3-6,17-18,21-22H,7-16H2,1-2H3/t21-,22-/m1/s1. The maximum absolute atomic E-state index is 13.1. The number of hydrogen-bond acceptors (Lipinski definition) is 6. The normalized spacial score (nSPS) is 28.5. The van der Waals surface area contributed by atoms with Crippen molar-refractivity contribution in [1.82, 2.24) is 9.80 Å². The van der Waals surface area contributed by atoms with Gasteiger partial charge in [-0.3, -0.25) is 29.0 Å². The maximum Gasteiger partial charge on any atom is 0.251 e. The summed E-state index contributed by atoms with van der Waals surface area (Å²) in [5, 5.41) is 0. The first-order valence-corrected chi connectivity index (χ1v) is 12.6. The number of carbonyl (C=O) groups is 4. The van der Waals surface area contributed by atoms with E-state index in [2.05, 4.69) is 23.6 Å². The third kappa shape index (κ3) is 4.18. The van der Waals surface area contributed by atoms with E-state index in [-0.39, 0.29) is 36.5 Å². The Kier molecular flexibility index (Phi) is 6.29. The summed E-state index contributed by atoms with van der Waals surface area (Å²) in [4.78, 5) is 58.5. The first kappa shape index (κ1) is 23.2. The fourth-order valence-corrected chi connectivity index (χ4v) is 5.78. The minimum atomic E-state index is -0.394. The van der Waals surface area contributed by atoms with Crippen LogP contribution in [0.25, 0.3) is 0 Å². The molecule has 4 aliphatic heterocycles. The molecule has 34 heavy (non-hydrogen) atoms. The van der Waals surface area contributed by atoms with E-state index in [0.29, 0.717) is 23.2 Å². The highest BCUT2D eigenvalue weighted by atomic mass is 16.2. The largest absolute Gasteiger partial charge is 0.292 e. The molecule has 0 bridgehead atoms. The molecule has 4 saturated heterocycles. The highest BCUT2D eigenvalue weighted by Crippen LogP contribution is 2.32. The van der Waals surface area contributed by atoms with E-state index in [1.165, 1.54) is 9.80 Å². The molecule has 1 aromatic rings. The zero-order valence-electron chi connectivity index (χ0n) is 20.1. The molecule has 2 atom stereocenters. The van der Waals surface area contributed by atoms with Gasteiger partial charge in [-0.15, -0.1) is 0 Å². The number of nitrogens with zero attached hydrogens (tertiary/aromatic N) is 4. The third-order valence-corrected chi connectivity index (χ3v) is 8.13. The maximum atomic E-state index is 13.1. The van der Waals surface area contributed by atoms with Crippen LogP contribution in [0.2, 0.25) is 0 Å². The van der Waals surface area contributed by atoms with Crippen LogP contribution < -0.4 is 9.80 Å². The van der Waals surface area contributed by atoms with Gasteiger partial charge in [0.25, 0.3) is 11.8 Å². The lowest BCUT2D eigenvalue weighted by atomic mass is 9.97. The zero-order valence-corrected chi connectivity index (χ0v) is 20.1. The van der Waals surface area contributed by atoms with Gasteiger partial charge in [-0.2, -0.15) is 0 Å². The molecular weight excluding hydrogens is 432 g/mol. The smallest absolute Gasteiger partial charge is 0.251 e. The molecular formula is C26H34N4O4. The Hall–Kier alpha value is -2.58. The van der Waals surface area contributed by atoms with Crippen molar-refractivity contribution in [2.24, 2.45) is 11.8 Å². The van der Waals surface area contributed by atoms with Crippen LogP contribution in [0.15, 0.2) is 24.3 Å². The molecule has 0 spiro atoms. The van der Waals surface area contributed by atoms with Crippen LogP contribution in [0.3, 0.4) is 0 Å². The molecule has 0 aromatic heterocycles. The second-order valence-electron chi connectivity index (χ2n) is 10.5. The number of amides is 4. The molecule has 0 radical (unpaired) electrons. The van der Waals surface area contributed by atoms with Crippen molar-refractivity contribution in [2.75, 3.05) is 36.0 Å². The summed E-state index contributed by atoms with van der Waals surface area (Å²) in [7, 11) is 0. The molecule has 0 unspecified atom stereocenters. The van der Waals surface area contributed by atoms with Crippen molar-refractivity contribution in [2.45, 2.75) is 64.5 Å². The van der Waals surface area contributed by atoms with E-state index in [4.69, 9.17) is 0 Å². The first-order valence-electron chi connectivity index (χ1n) is 12.6. The Morgan fingerprint density at radius 2 is 0.912 bits per heavy atom. The lowest BCUT2D eigenvalue weighted by molar-refractivity contribution is -0.124. The summed E-state index contributed by atoms with van der Waals surface area (Å²) in [6.45, 7) is 7.80. The Morgan fingerprint density at radius 1 is 0.588 bits per heavy atom. The molecule has 5 rings (SSSR count). The van der Waals surface area contributed by atoms with Gasteiger partial charge in [0, 0.05) is 0 Å². The number of piperidine rings is 2. The van der Waals surface area contributed by atoms with Gasteiger partial charge in [0.1, 0.15) is 0 Å². The predicted molar refractivity (Wildman–Crippen MR) is 128 cm³/mol. The van der Waals surface area contributed by atoms with E-state index in [9.17, 15) is 19.2 Å². The quantitative estimate of drug-likeness (QED) is 0.634. The van der Waals surface area contributed by atoms with Gasteiger partial charge in [0.2, 0.25) is 11.8 Å². The van der Waals surface area contributed by atoms with Crippen LogP contribution in [-0.4, -0.2) is 71.7 Å². The summed E-state index contributed by atoms with van der Waals surface area (Å²) in [5.74, 6) is 0.547. The van der Waals surface area contributed by atoms with Gasteiger partial charge in [-0.1, -0.05) is 13.8 Å². The van der Waals surface area contributed by atoms with Crippen molar-refractivity contribution >= 4 is 35.0 Å². The number of imide groups is 2. The van der Waals surface area contributed by atoms with Gasteiger partial charge < -0.3 is 0 Å². The lowest BCUT2D eigenvalue weighted by Gasteiger charge is -2.33. The highest BCUT2D eigenvalue weighted by Gasteiger charge is 2.45. The first-order chi connectivity index (χ1) is 16.3. The molecule has 4 heterocycles. The van der Waals surface area contributed by atoms with Gasteiger partial charge in [0.15, 0.2) is 0 Å². The molecule has 0 saturated carbocycles. The number of hydrogen-bond donors (Lipinski definition) is 0. The molecule has 8 nitrogen and oxygen atoms in total. The number of benzene rings is 1.